The van der Waals surface area contributed by atoms with E-state index in [1.54, 1.807) is 19.9 Å². The van der Waals surface area contributed by atoms with Crippen LogP contribution >= 0.6 is 0 Å². The molecule has 2 saturated carbocycles. The second-order valence-electron chi connectivity index (χ2n) is 12.3. The van der Waals surface area contributed by atoms with Gasteiger partial charge in [-0.3, -0.25) is 4.79 Å². The number of ketones is 1. The standard InChI is InChI=1S/C27H32O10/c1-21(2)20(30)25(31)22(3,11-8-16(28)33-6)15-7-10-23(4)17(14-9-12-34-13-14)35-19(29)18-26(23,36-18)24(15,5)27(25,32)37-21/h8-9,11-13,15,17-18,31-32H,7,10H2,1-6H3/b11-8-/t15-,17+,18-,22-,23+,24-,25-,26-,27+/m1/s1. The SMILES string of the molecule is COC(=O)/C=C\[C@]1(C)[C@H]2CC[C@@]3(C)[C@H](c4ccoc4)OC(=O)[C@H]4O[C@]43[C@]2(C)[C@]2(O)OC(C)(C)C(=O)[C@]21O. The van der Waals surface area contributed by atoms with Crippen LogP contribution in [-0.4, -0.2) is 63.7 Å². The predicted octanol–water partition coefficient (Wildman–Crippen LogP) is 1.98. The van der Waals surface area contributed by atoms with Gasteiger partial charge >= 0.3 is 11.9 Å². The van der Waals surface area contributed by atoms with Gasteiger partial charge in [-0.05, 0) is 38.7 Å². The highest BCUT2D eigenvalue weighted by Gasteiger charge is 2.98. The van der Waals surface area contributed by atoms with Crippen molar-refractivity contribution in [3.05, 3.63) is 36.3 Å². The number of methoxy groups -OCH3 is 1. The normalized spacial score (nSPS) is 51.2. The molecule has 0 radical (unpaired) electrons. The van der Waals surface area contributed by atoms with E-state index in [1.165, 1.54) is 39.6 Å². The number of hydrogen-bond acceptors (Lipinski definition) is 10. The molecule has 37 heavy (non-hydrogen) atoms. The quantitative estimate of drug-likeness (QED) is 0.347. The zero-order chi connectivity index (χ0) is 27.0. The number of Topliss-reactive ketones (excluding diaryl/α,β-unsaturated/α-hetero) is 1. The van der Waals surface area contributed by atoms with E-state index < -0.39 is 74.7 Å². The summed E-state index contributed by atoms with van der Waals surface area (Å²) in [4.78, 5) is 39.3. The molecule has 10 heteroatoms. The van der Waals surface area contributed by atoms with Crippen molar-refractivity contribution in [2.45, 2.75) is 82.3 Å². The van der Waals surface area contributed by atoms with Crippen LogP contribution in [0.2, 0.25) is 0 Å². The first-order valence-corrected chi connectivity index (χ1v) is 12.5. The number of carbonyl (C=O) groups excluding carboxylic acids is 3. The number of esters is 2. The number of furan rings is 1. The van der Waals surface area contributed by atoms with E-state index in [4.69, 9.17) is 23.4 Å². The summed E-state index contributed by atoms with van der Waals surface area (Å²) >= 11 is 0. The Labute approximate surface area is 213 Å². The number of carbonyl (C=O) groups is 3. The topological polar surface area (TPSA) is 145 Å². The van der Waals surface area contributed by atoms with Gasteiger partial charge in [-0.15, -0.1) is 0 Å². The summed E-state index contributed by atoms with van der Waals surface area (Å²) in [6, 6.07) is 1.72. The minimum Gasteiger partial charge on any atom is -0.472 e. The Kier molecular flexibility index (Phi) is 4.50. The summed E-state index contributed by atoms with van der Waals surface area (Å²) in [6.07, 6.45) is 4.68. The number of aliphatic hydroxyl groups is 2. The van der Waals surface area contributed by atoms with Crippen LogP contribution in [0, 0.1) is 22.2 Å². The van der Waals surface area contributed by atoms with Crippen LogP contribution in [0.1, 0.15) is 59.1 Å². The van der Waals surface area contributed by atoms with Crippen LogP contribution in [0.5, 0.6) is 0 Å². The van der Waals surface area contributed by atoms with Gasteiger partial charge in [0.25, 0.3) is 0 Å². The predicted molar refractivity (Wildman–Crippen MR) is 123 cm³/mol. The molecule has 9 atom stereocenters. The lowest BCUT2D eigenvalue weighted by Gasteiger charge is -2.59. The van der Waals surface area contributed by atoms with E-state index in [9.17, 15) is 24.6 Å². The van der Waals surface area contributed by atoms with Crippen molar-refractivity contribution in [3.63, 3.8) is 0 Å². The zero-order valence-corrected chi connectivity index (χ0v) is 21.7. The molecule has 3 saturated heterocycles. The molecule has 3 aliphatic heterocycles. The van der Waals surface area contributed by atoms with Crippen LogP contribution in [0.15, 0.2) is 35.2 Å². The van der Waals surface area contributed by atoms with E-state index in [-0.39, 0.29) is 0 Å². The fraction of sp³-hybridized carbons (Fsp3) is 0.667. The molecular formula is C27H32O10. The third kappa shape index (κ3) is 2.28. The van der Waals surface area contributed by atoms with Crippen LogP contribution in [0.25, 0.3) is 0 Å². The molecule has 2 N–H and O–H groups in total. The highest BCUT2D eigenvalue weighted by molar-refractivity contribution is 6.00. The number of cyclic esters (lactones) is 1. The molecule has 2 aliphatic carbocycles. The van der Waals surface area contributed by atoms with Gasteiger partial charge in [0.15, 0.2) is 11.7 Å². The summed E-state index contributed by atoms with van der Waals surface area (Å²) in [5.74, 6) is -5.08. The summed E-state index contributed by atoms with van der Waals surface area (Å²) in [6.45, 7) is 8.27. The second-order valence-corrected chi connectivity index (χ2v) is 12.3. The number of epoxide rings is 1. The van der Waals surface area contributed by atoms with Crippen molar-refractivity contribution in [2.24, 2.45) is 22.2 Å². The fourth-order valence-electron chi connectivity index (χ4n) is 8.82. The average Bonchev–Trinajstić information content (AvgIpc) is 3.33. The highest BCUT2D eigenvalue weighted by atomic mass is 16.7. The highest BCUT2D eigenvalue weighted by Crippen LogP contribution is 2.84. The van der Waals surface area contributed by atoms with E-state index >= 15 is 0 Å². The summed E-state index contributed by atoms with van der Waals surface area (Å²) in [5.41, 5.74) is -8.55. The second kappa shape index (κ2) is 6.72. The van der Waals surface area contributed by atoms with Gasteiger partial charge in [0, 0.05) is 22.5 Å². The molecule has 0 bridgehead atoms. The number of ether oxygens (including phenoxy) is 4. The third-order valence-electron chi connectivity index (χ3n) is 10.5. The third-order valence-corrected chi connectivity index (χ3v) is 10.5. The molecule has 10 nitrogen and oxygen atoms in total. The Balaban J connectivity index is 1.62. The number of fused-ring (bicyclic) bond motifs is 3. The first kappa shape index (κ1) is 24.8. The zero-order valence-electron chi connectivity index (χ0n) is 21.7. The Morgan fingerprint density at radius 1 is 1.14 bits per heavy atom. The molecule has 200 valence electrons. The number of hydrogen-bond donors (Lipinski definition) is 2. The summed E-state index contributed by atoms with van der Waals surface area (Å²) in [5, 5.41) is 25.0. The minimum atomic E-state index is -2.46. The lowest BCUT2D eigenvalue weighted by Crippen LogP contribution is -2.70. The van der Waals surface area contributed by atoms with Gasteiger partial charge in [-0.1, -0.05) is 26.8 Å². The van der Waals surface area contributed by atoms with Gasteiger partial charge in [-0.2, -0.15) is 0 Å². The Morgan fingerprint density at radius 2 is 1.84 bits per heavy atom. The molecule has 5 fully saturated rings. The Bertz CT molecular complexity index is 1250. The van der Waals surface area contributed by atoms with Crippen molar-refractivity contribution >= 4 is 17.7 Å². The van der Waals surface area contributed by atoms with Crippen LogP contribution in [-0.2, 0) is 33.3 Å². The monoisotopic (exact) mass is 516 g/mol. The van der Waals surface area contributed by atoms with Gasteiger partial charge in [-0.25, -0.2) is 9.59 Å². The van der Waals surface area contributed by atoms with Gasteiger partial charge < -0.3 is 33.6 Å². The molecule has 1 aromatic heterocycles. The van der Waals surface area contributed by atoms with Crippen molar-refractivity contribution in [1.82, 2.24) is 0 Å². The maximum Gasteiger partial charge on any atom is 0.339 e. The first-order valence-electron chi connectivity index (χ1n) is 12.5. The molecule has 6 rings (SSSR count). The van der Waals surface area contributed by atoms with Crippen molar-refractivity contribution < 1.29 is 48.0 Å². The number of rotatable bonds is 3. The van der Waals surface area contributed by atoms with Crippen LogP contribution in [0.3, 0.4) is 0 Å². The van der Waals surface area contributed by atoms with Gasteiger partial charge in [0.1, 0.15) is 17.3 Å². The van der Waals surface area contributed by atoms with E-state index in [2.05, 4.69) is 0 Å². The Morgan fingerprint density at radius 3 is 2.46 bits per heavy atom. The van der Waals surface area contributed by atoms with Gasteiger partial charge in [0.2, 0.25) is 11.6 Å². The lowest BCUT2D eigenvalue weighted by molar-refractivity contribution is -0.340. The molecule has 4 heterocycles. The minimum absolute atomic E-state index is 0.403. The largest absolute Gasteiger partial charge is 0.472 e. The molecule has 1 spiro atoms. The smallest absolute Gasteiger partial charge is 0.339 e. The van der Waals surface area contributed by atoms with Crippen LogP contribution < -0.4 is 0 Å². The molecular weight excluding hydrogens is 484 g/mol. The van der Waals surface area contributed by atoms with E-state index in [0.717, 1.165) is 6.08 Å². The molecule has 0 unspecified atom stereocenters. The molecule has 0 aromatic carbocycles. The Hall–Kier alpha value is -2.53. The summed E-state index contributed by atoms with van der Waals surface area (Å²) < 4.78 is 28.4. The maximum absolute atomic E-state index is 13.9. The maximum atomic E-state index is 13.9. The van der Waals surface area contributed by atoms with Gasteiger partial charge in [0.05, 0.1) is 25.1 Å². The molecule has 5 aliphatic rings. The molecule has 1 aromatic rings. The van der Waals surface area contributed by atoms with Crippen molar-refractivity contribution in [3.8, 4) is 0 Å². The van der Waals surface area contributed by atoms with E-state index in [0.29, 0.717) is 18.4 Å². The first-order chi connectivity index (χ1) is 17.1. The molecule has 0 amide bonds. The summed E-state index contributed by atoms with van der Waals surface area (Å²) in [7, 11) is 1.23. The van der Waals surface area contributed by atoms with Crippen molar-refractivity contribution in [1.29, 1.82) is 0 Å². The lowest BCUT2D eigenvalue weighted by atomic mass is 9.45. The van der Waals surface area contributed by atoms with Crippen molar-refractivity contribution in [2.75, 3.05) is 7.11 Å². The fourth-order valence-corrected chi connectivity index (χ4v) is 8.82. The van der Waals surface area contributed by atoms with Crippen LogP contribution in [0.4, 0.5) is 0 Å². The van der Waals surface area contributed by atoms with E-state index in [1.807, 2.05) is 6.92 Å². The average molecular weight is 517 g/mol.